The van der Waals surface area contributed by atoms with Crippen LogP contribution in [0, 0.1) is 6.92 Å². The monoisotopic (exact) mass is 349 g/mol. The number of rotatable bonds is 5. The number of anilines is 1. The second kappa shape index (κ2) is 7.81. The second-order valence-corrected chi connectivity index (χ2v) is 7.53. The zero-order valence-corrected chi connectivity index (χ0v) is 14.5. The van der Waals surface area contributed by atoms with E-state index in [1.165, 1.54) is 0 Å². The maximum Gasteiger partial charge on any atom is 0.319 e. The molecule has 1 aliphatic heterocycles. The van der Waals surface area contributed by atoms with Gasteiger partial charge in [-0.05, 0) is 44.0 Å². The highest BCUT2D eigenvalue weighted by Gasteiger charge is 2.16. The molecule has 0 bridgehead atoms. The van der Waals surface area contributed by atoms with E-state index in [1.54, 1.807) is 23.1 Å². The van der Waals surface area contributed by atoms with Gasteiger partial charge in [-0.15, -0.1) is 11.3 Å². The van der Waals surface area contributed by atoms with Crippen LogP contribution in [0.25, 0.3) is 0 Å². The van der Waals surface area contributed by atoms with E-state index in [4.69, 9.17) is 4.74 Å². The van der Waals surface area contributed by atoms with Crippen LogP contribution < -0.4 is 10.6 Å². The summed E-state index contributed by atoms with van der Waals surface area (Å²) in [6, 6.07) is 7.56. The predicted molar refractivity (Wildman–Crippen MR) is 93.4 cm³/mol. The average molecular weight is 349 g/mol. The number of nitrogens with one attached hydrogen (secondary N) is 2. The molecule has 1 saturated heterocycles. The minimum atomic E-state index is -0.198. The summed E-state index contributed by atoms with van der Waals surface area (Å²) in [5.41, 5.74) is 1.81. The first kappa shape index (κ1) is 16.3. The lowest BCUT2D eigenvalue weighted by atomic mass is 10.2. The minimum absolute atomic E-state index is 0.154. The molecular weight excluding hydrogens is 330 g/mol. The molecule has 0 spiro atoms. The molecule has 0 aliphatic carbocycles. The minimum Gasteiger partial charge on any atom is -0.376 e. The predicted octanol–water partition coefficient (Wildman–Crippen LogP) is 3.90. The van der Waals surface area contributed by atoms with Crippen molar-refractivity contribution in [2.45, 2.75) is 35.1 Å². The van der Waals surface area contributed by atoms with Gasteiger partial charge in [0.15, 0.2) is 4.34 Å². The topological polar surface area (TPSA) is 63.2 Å². The van der Waals surface area contributed by atoms with Gasteiger partial charge in [-0.25, -0.2) is 9.78 Å². The molecule has 3 rings (SSSR count). The van der Waals surface area contributed by atoms with Crippen LogP contribution in [0.5, 0.6) is 0 Å². The third kappa shape index (κ3) is 4.95. The number of benzene rings is 1. The fourth-order valence-electron chi connectivity index (χ4n) is 2.27. The first-order valence-corrected chi connectivity index (χ1v) is 9.25. The molecule has 5 nitrogen and oxygen atoms in total. The zero-order valence-electron chi connectivity index (χ0n) is 12.9. The van der Waals surface area contributed by atoms with Crippen LogP contribution >= 0.6 is 23.1 Å². The van der Waals surface area contributed by atoms with Gasteiger partial charge in [-0.1, -0.05) is 11.8 Å². The molecule has 1 aliphatic rings. The summed E-state index contributed by atoms with van der Waals surface area (Å²) < 4.78 is 6.50. The Balaban J connectivity index is 1.47. The van der Waals surface area contributed by atoms with E-state index in [0.717, 1.165) is 40.1 Å². The standard InChI is InChI=1S/C16H19N3O2S2/c1-11-10-22-16(18-11)23-14-6-4-12(5-7-14)19-15(20)17-9-13-3-2-8-21-13/h4-7,10,13H,2-3,8-9H2,1H3,(H2,17,19,20). The molecule has 1 atom stereocenters. The first-order valence-electron chi connectivity index (χ1n) is 7.55. The number of hydrogen-bond donors (Lipinski definition) is 2. The third-order valence-corrected chi connectivity index (χ3v) is 5.49. The van der Waals surface area contributed by atoms with Crippen LogP contribution in [0.4, 0.5) is 10.5 Å². The molecule has 1 aromatic heterocycles. The number of thiazole rings is 1. The molecule has 7 heteroatoms. The molecule has 0 saturated carbocycles. The number of amides is 2. The Hall–Kier alpha value is -1.57. The van der Waals surface area contributed by atoms with E-state index < -0.39 is 0 Å². The van der Waals surface area contributed by atoms with Crippen molar-refractivity contribution < 1.29 is 9.53 Å². The van der Waals surface area contributed by atoms with Crippen LogP contribution in [0.2, 0.25) is 0 Å². The lowest BCUT2D eigenvalue weighted by Crippen LogP contribution is -2.34. The van der Waals surface area contributed by atoms with Crippen molar-refractivity contribution >= 4 is 34.8 Å². The highest BCUT2D eigenvalue weighted by molar-refractivity contribution is 8.01. The van der Waals surface area contributed by atoms with Crippen molar-refractivity contribution in [2.24, 2.45) is 0 Å². The molecule has 1 aromatic carbocycles. The number of nitrogens with zero attached hydrogens (tertiary/aromatic N) is 1. The molecule has 2 amide bonds. The van der Waals surface area contributed by atoms with Crippen molar-refractivity contribution in [3.05, 3.63) is 35.3 Å². The molecule has 1 unspecified atom stereocenters. The van der Waals surface area contributed by atoms with Gasteiger partial charge in [-0.3, -0.25) is 0 Å². The number of urea groups is 1. The molecule has 122 valence electrons. The maximum absolute atomic E-state index is 11.9. The quantitative estimate of drug-likeness (QED) is 0.859. The highest BCUT2D eigenvalue weighted by Crippen LogP contribution is 2.30. The first-order chi connectivity index (χ1) is 11.2. The summed E-state index contributed by atoms with van der Waals surface area (Å²) in [5.74, 6) is 0. The summed E-state index contributed by atoms with van der Waals surface area (Å²) in [6.07, 6.45) is 2.25. The van der Waals surface area contributed by atoms with Crippen molar-refractivity contribution in [2.75, 3.05) is 18.5 Å². The molecule has 0 radical (unpaired) electrons. The van der Waals surface area contributed by atoms with E-state index in [0.29, 0.717) is 6.54 Å². The fraction of sp³-hybridized carbons (Fsp3) is 0.375. The van der Waals surface area contributed by atoms with Gasteiger partial charge >= 0.3 is 6.03 Å². The summed E-state index contributed by atoms with van der Waals surface area (Å²) in [6.45, 7) is 3.34. The van der Waals surface area contributed by atoms with Gasteiger partial charge < -0.3 is 15.4 Å². The Labute approximate surface area is 143 Å². The summed E-state index contributed by atoms with van der Waals surface area (Å²) in [4.78, 5) is 17.4. The van der Waals surface area contributed by atoms with Gasteiger partial charge in [0.1, 0.15) is 0 Å². The number of aromatic nitrogens is 1. The summed E-state index contributed by atoms with van der Waals surface area (Å²) in [5, 5.41) is 7.71. The number of aryl methyl sites for hydroxylation is 1. The van der Waals surface area contributed by atoms with Crippen LogP contribution in [-0.4, -0.2) is 30.3 Å². The lowest BCUT2D eigenvalue weighted by molar-refractivity contribution is 0.112. The van der Waals surface area contributed by atoms with Gasteiger partial charge in [0.2, 0.25) is 0 Å². The van der Waals surface area contributed by atoms with Gasteiger partial charge in [0.05, 0.1) is 6.10 Å². The van der Waals surface area contributed by atoms with E-state index in [-0.39, 0.29) is 12.1 Å². The van der Waals surface area contributed by atoms with E-state index in [2.05, 4.69) is 15.6 Å². The lowest BCUT2D eigenvalue weighted by Gasteiger charge is -2.11. The summed E-state index contributed by atoms with van der Waals surface area (Å²) in [7, 11) is 0. The molecular formula is C16H19N3O2S2. The molecule has 1 fully saturated rings. The van der Waals surface area contributed by atoms with Gasteiger partial charge in [0.25, 0.3) is 0 Å². The van der Waals surface area contributed by atoms with E-state index in [9.17, 15) is 4.79 Å². The molecule has 2 aromatic rings. The van der Waals surface area contributed by atoms with Crippen LogP contribution in [0.15, 0.2) is 38.9 Å². The molecule has 23 heavy (non-hydrogen) atoms. The van der Waals surface area contributed by atoms with Crippen LogP contribution in [0.1, 0.15) is 18.5 Å². The van der Waals surface area contributed by atoms with Crippen LogP contribution in [0.3, 0.4) is 0 Å². The van der Waals surface area contributed by atoms with Crippen molar-refractivity contribution in [1.29, 1.82) is 0 Å². The van der Waals surface area contributed by atoms with Crippen molar-refractivity contribution in [1.82, 2.24) is 10.3 Å². The Kier molecular flexibility index (Phi) is 5.53. The average Bonchev–Trinajstić information content (AvgIpc) is 3.19. The SMILES string of the molecule is Cc1csc(Sc2ccc(NC(=O)NCC3CCCO3)cc2)n1. The second-order valence-electron chi connectivity index (χ2n) is 5.35. The van der Waals surface area contributed by atoms with Gasteiger partial charge in [-0.2, -0.15) is 0 Å². The fourth-order valence-corrected chi connectivity index (χ4v) is 4.08. The number of hydrogen-bond acceptors (Lipinski definition) is 5. The Morgan fingerprint density at radius 3 is 2.91 bits per heavy atom. The normalized spacial score (nSPS) is 17.2. The maximum atomic E-state index is 11.9. The zero-order chi connectivity index (χ0) is 16.1. The number of ether oxygens (including phenoxy) is 1. The van der Waals surface area contributed by atoms with Crippen LogP contribution in [-0.2, 0) is 4.74 Å². The van der Waals surface area contributed by atoms with Crippen molar-refractivity contribution in [3.63, 3.8) is 0 Å². The van der Waals surface area contributed by atoms with E-state index in [1.807, 2.05) is 36.6 Å². The smallest absolute Gasteiger partial charge is 0.319 e. The Morgan fingerprint density at radius 2 is 2.26 bits per heavy atom. The third-order valence-electron chi connectivity index (χ3n) is 3.43. The highest BCUT2D eigenvalue weighted by atomic mass is 32.2. The van der Waals surface area contributed by atoms with Crippen molar-refractivity contribution in [3.8, 4) is 0 Å². The largest absolute Gasteiger partial charge is 0.376 e. The summed E-state index contributed by atoms with van der Waals surface area (Å²) >= 11 is 3.26. The van der Waals surface area contributed by atoms with Gasteiger partial charge in [0, 0.05) is 34.8 Å². The Morgan fingerprint density at radius 1 is 1.43 bits per heavy atom. The Bertz CT molecular complexity index is 652. The number of carbonyl (C=O) groups excluding carboxylic acids is 1. The molecule has 2 N–H and O–H groups in total. The molecule has 2 heterocycles. The van der Waals surface area contributed by atoms with E-state index >= 15 is 0 Å². The number of carbonyl (C=O) groups is 1.